The molecule has 3 saturated heterocycles. The van der Waals surface area contributed by atoms with Crippen LogP contribution < -0.4 is 15.2 Å². The summed E-state index contributed by atoms with van der Waals surface area (Å²) in [5, 5.41) is 0.295. The van der Waals surface area contributed by atoms with Gasteiger partial charge in [0.2, 0.25) is 0 Å². The van der Waals surface area contributed by atoms with Gasteiger partial charge in [-0.15, -0.1) is 0 Å². The number of halogens is 2. The molecular formula is C28H30F2N3O5S. The molecule has 2 aromatic carbocycles. The number of ether oxygens (including phenoxy) is 1. The van der Waals surface area contributed by atoms with Gasteiger partial charge < -0.3 is 28.4 Å². The number of hydrogen-bond acceptors (Lipinski definition) is 7. The Labute approximate surface area is 227 Å². The number of carbonyl (C=O) groups excluding carboxylic acids is 1. The number of carbonyl (C=O) groups is 1. The Morgan fingerprint density at radius 3 is 2.38 bits per heavy atom. The first kappa shape index (κ1) is 26.1. The molecule has 0 saturated carbocycles. The van der Waals surface area contributed by atoms with E-state index in [0.717, 1.165) is 12.5 Å². The fourth-order valence-electron chi connectivity index (χ4n) is 5.72. The maximum atomic E-state index is 14.2. The van der Waals surface area contributed by atoms with Gasteiger partial charge in [0.05, 0.1) is 24.6 Å². The lowest BCUT2D eigenvalue weighted by Gasteiger charge is -2.31. The van der Waals surface area contributed by atoms with Crippen LogP contribution >= 0.6 is 11.2 Å². The van der Waals surface area contributed by atoms with Gasteiger partial charge in [-0.3, -0.25) is 9.59 Å². The highest BCUT2D eigenvalue weighted by Crippen LogP contribution is 2.40. The smallest absolute Gasteiger partial charge is 0.253 e. The third kappa shape index (κ3) is 5.22. The van der Waals surface area contributed by atoms with Crippen LogP contribution in [0.3, 0.4) is 0 Å². The minimum absolute atomic E-state index is 0.215. The molecule has 6 rings (SSSR count). The summed E-state index contributed by atoms with van der Waals surface area (Å²) in [4.78, 5) is 32.6. The Kier molecular flexibility index (Phi) is 7.22. The molecule has 8 nitrogen and oxygen atoms in total. The second-order valence-corrected chi connectivity index (χ2v) is 11.9. The zero-order valence-electron chi connectivity index (χ0n) is 21.4. The van der Waals surface area contributed by atoms with Crippen molar-refractivity contribution in [1.82, 2.24) is 4.90 Å². The summed E-state index contributed by atoms with van der Waals surface area (Å²) in [7, 11) is 0. The number of hydrogen-bond donors (Lipinski definition) is 1. The summed E-state index contributed by atoms with van der Waals surface area (Å²) < 4.78 is 50.1. The molecule has 1 aromatic heterocycles. The Bertz CT molecular complexity index is 1430. The molecule has 3 aromatic rings. The first-order chi connectivity index (χ1) is 18.9. The quantitative estimate of drug-likeness (QED) is 0.507. The molecule has 1 radical (unpaired) electrons. The van der Waals surface area contributed by atoms with Crippen molar-refractivity contribution < 1.29 is 27.3 Å². The van der Waals surface area contributed by atoms with Crippen LogP contribution in [0.15, 0.2) is 45.6 Å². The summed E-state index contributed by atoms with van der Waals surface area (Å²) in [6, 6.07) is 7.90. The normalized spacial score (nSPS) is 20.7. The highest BCUT2D eigenvalue weighted by molar-refractivity contribution is 8.12. The summed E-state index contributed by atoms with van der Waals surface area (Å²) >= 11 is -0.692. The number of morpholine rings is 1. The third-order valence-electron chi connectivity index (χ3n) is 7.69. The van der Waals surface area contributed by atoms with Gasteiger partial charge in [0.25, 0.3) is 5.91 Å². The zero-order valence-corrected chi connectivity index (χ0v) is 22.2. The highest BCUT2D eigenvalue weighted by Gasteiger charge is 2.32. The fourth-order valence-corrected chi connectivity index (χ4v) is 6.78. The second kappa shape index (κ2) is 10.8. The standard InChI is InChI=1S/C28H30F2N3O5S/c29-19-14-20(30)16-21(15-19)33-3-1-2-24(33)22-12-18(28(35)32-6-10-39(36)11-7-32)13-23-25(34)17-26(38-27(22)23)31-4-8-37-9-5-31/h12-17,24,36H,1-11H2. The van der Waals surface area contributed by atoms with Crippen molar-refractivity contribution in [2.24, 2.45) is 0 Å². The molecule has 1 atom stereocenters. The minimum atomic E-state index is -0.692. The monoisotopic (exact) mass is 558 g/mol. The van der Waals surface area contributed by atoms with Crippen LogP contribution in [0.4, 0.5) is 20.4 Å². The van der Waals surface area contributed by atoms with E-state index in [2.05, 4.69) is 0 Å². The predicted octanol–water partition coefficient (Wildman–Crippen LogP) is 4.45. The van der Waals surface area contributed by atoms with Crippen LogP contribution in [0, 0.1) is 11.6 Å². The molecular weight excluding hydrogens is 528 g/mol. The van der Waals surface area contributed by atoms with Crippen LogP contribution in [0.1, 0.15) is 34.8 Å². The molecule has 3 aliphatic heterocycles. The van der Waals surface area contributed by atoms with E-state index in [9.17, 15) is 22.9 Å². The molecule has 3 fully saturated rings. The van der Waals surface area contributed by atoms with E-state index in [1.165, 1.54) is 18.2 Å². The van der Waals surface area contributed by atoms with Crippen molar-refractivity contribution in [2.75, 3.05) is 67.2 Å². The first-order valence-corrected chi connectivity index (χ1v) is 14.7. The molecule has 207 valence electrons. The molecule has 0 spiro atoms. The number of anilines is 2. The summed E-state index contributed by atoms with van der Waals surface area (Å²) in [5.74, 6) is -0.0641. The number of nitrogens with zero attached hydrogens (tertiary/aromatic N) is 3. The minimum Gasteiger partial charge on any atom is -0.440 e. The summed E-state index contributed by atoms with van der Waals surface area (Å²) in [6.07, 6.45) is 1.42. The average molecular weight is 559 g/mol. The Morgan fingerprint density at radius 2 is 1.67 bits per heavy atom. The molecule has 4 heterocycles. The average Bonchev–Trinajstić information content (AvgIpc) is 3.42. The summed E-state index contributed by atoms with van der Waals surface area (Å²) in [5.41, 5.74) is 1.53. The van der Waals surface area contributed by atoms with Crippen LogP contribution in [0.25, 0.3) is 11.0 Å². The SMILES string of the molecule is O=C(c1cc(C2CCCN2c2cc(F)cc(F)c2)c2oc(N3CCOCC3)cc(=O)c2c1)N1CC[S](O)CC1. The van der Waals surface area contributed by atoms with Gasteiger partial charge in [0, 0.05) is 73.2 Å². The van der Waals surface area contributed by atoms with Gasteiger partial charge in [-0.05, 0) is 37.1 Å². The maximum Gasteiger partial charge on any atom is 0.253 e. The van der Waals surface area contributed by atoms with E-state index in [1.807, 2.05) is 9.80 Å². The van der Waals surface area contributed by atoms with Gasteiger partial charge in [-0.2, -0.15) is 0 Å². The van der Waals surface area contributed by atoms with Crippen molar-refractivity contribution in [2.45, 2.75) is 18.9 Å². The van der Waals surface area contributed by atoms with Crippen LogP contribution in [0.5, 0.6) is 0 Å². The van der Waals surface area contributed by atoms with Crippen molar-refractivity contribution >= 4 is 39.6 Å². The van der Waals surface area contributed by atoms with Crippen LogP contribution in [0.2, 0.25) is 0 Å². The number of amides is 1. The number of benzene rings is 2. The lowest BCUT2D eigenvalue weighted by Crippen LogP contribution is -2.39. The highest BCUT2D eigenvalue weighted by atomic mass is 32.2. The van der Waals surface area contributed by atoms with Crippen molar-refractivity contribution in [3.63, 3.8) is 0 Å². The van der Waals surface area contributed by atoms with Crippen molar-refractivity contribution in [3.8, 4) is 0 Å². The van der Waals surface area contributed by atoms with Gasteiger partial charge in [0.15, 0.2) is 11.3 Å². The van der Waals surface area contributed by atoms with E-state index in [0.29, 0.717) is 97.5 Å². The second-order valence-electron chi connectivity index (χ2n) is 10.1. The van der Waals surface area contributed by atoms with E-state index in [4.69, 9.17) is 9.15 Å². The largest absolute Gasteiger partial charge is 0.440 e. The third-order valence-corrected chi connectivity index (χ3v) is 8.99. The molecule has 11 heteroatoms. The fraction of sp³-hybridized carbons (Fsp3) is 0.429. The van der Waals surface area contributed by atoms with Gasteiger partial charge in [-0.25, -0.2) is 8.78 Å². The molecule has 1 amide bonds. The van der Waals surface area contributed by atoms with Gasteiger partial charge in [-0.1, -0.05) is 11.2 Å². The number of rotatable bonds is 4. The van der Waals surface area contributed by atoms with Crippen LogP contribution in [-0.2, 0) is 4.74 Å². The van der Waals surface area contributed by atoms with Crippen molar-refractivity contribution in [1.29, 1.82) is 0 Å². The predicted molar refractivity (Wildman–Crippen MR) is 147 cm³/mol. The van der Waals surface area contributed by atoms with E-state index in [-0.39, 0.29) is 17.4 Å². The molecule has 0 aliphatic carbocycles. The number of fused-ring (bicyclic) bond motifs is 1. The van der Waals surface area contributed by atoms with Crippen molar-refractivity contribution in [3.05, 3.63) is 69.4 Å². The first-order valence-electron chi connectivity index (χ1n) is 13.2. The zero-order chi connectivity index (χ0) is 27.1. The Hall–Kier alpha value is -3.15. The molecule has 0 bridgehead atoms. The van der Waals surface area contributed by atoms with E-state index >= 15 is 0 Å². The molecule has 1 N–H and O–H groups in total. The molecule has 1 unspecified atom stereocenters. The van der Waals surface area contributed by atoms with E-state index < -0.39 is 22.8 Å². The van der Waals surface area contributed by atoms with Gasteiger partial charge in [0.1, 0.15) is 17.2 Å². The maximum absolute atomic E-state index is 14.2. The van der Waals surface area contributed by atoms with E-state index in [1.54, 1.807) is 17.0 Å². The lowest BCUT2D eigenvalue weighted by molar-refractivity contribution is 0.0770. The Morgan fingerprint density at radius 1 is 0.949 bits per heavy atom. The lowest BCUT2D eigenvalue weighted by atomic mass is 9.97. The van der Waals surface area contributed by atoms with Crippen LogP contribution in [-0.4, -0.2) is 72.8 Å². The van der Waals surface area contributed by atoms with Gasteiger partial charge >= 0.3 is 0 Å². The Balaban J connectivity index is 1.48. The topological polar surface area (TPSA) is 86.5 Å². The summed E-state index contributed by atoms with van der Waals surface area (Å²) in [6.45, 7) is 3.65. The molecule has 39 heavy (non-hydrogen) atoms. The molecule has 3 aliphatic rings.